The second-order valence-electron chi connectivity index (χ2n) is 4.09. The molecule has 102 valence electrons. The lowest BCUT2D eigenvalue weighted by Crippen LogP contribution is -2.19. The average Bonchev–Trinajstić information content (AvgIpc) is 2.92. The molecule has 0 fully saturated rings. The van der Waals surface area contributed by atoms with Crippen LogP contribution in [0, 0.1) is 18.8 Å². The first-order chi connectivity index (χ1) is 9.69. The van der Waals surface area contributed by atoms with Crippen LogP contribution in [0.1, 0.15) is 11.1 Å². The Kier molecular flexibility index (Phi) is 4.42. The molecule has 1 amide bonds. The number of anilines is 1. The van der Waals surface area contributed by atoms with E-state index in [9.17, 15) is 4.79 Å². The highest BCUT2D eigenvalue weighted by Gasteiger charge is 2.06. The van der Waals surface area contributed by atoms with Gasteiger partial charge in [-0.15, -0.1) is 5.10 Å². The van der Waals surface area contributed by atoms with Crippen LogP contribution in [0.3, 0.4) is 0 Å². The lowest BCUT2D eigenvalue weighted by atomic mass is 10.1. The quantitative estimate of drug-likeness (QED) is 0.761. The van der Waals surface area contributed by atoms with E-state index in [4.69, 9.17) is 5.73 Å². The average molecular weight is 270 g/mol. The van der Waals surface area contributed by atoms with E-state index in [0.29, 0.717) is 6.54 Å². The van der Waals surface area contributed by atoms with Crippen molar-refractivity contribution in [3.63, 3.8) is 0 Å². The molecule has 0 aliphatic rings. The second-order valence-corrected chi connectivity index (χ2v) is 4.09. The zero-order valence-electron chi connectivity index (χ0n) is 11.0. The Morgan fingerprint density at radius 2 is 2.35 bits per heavy atom. The van der Waals surface area contributed by atoms with Crippen LogP contribution >= 0.6 is 0 Å². The highest BCUT2D eigenvalue weighted by Crippen LogP contribution is 2.16. The van der Waals surface area contributed by atoms with Crippen LogP contribution in [-0.2, 0) is 11.3 Å². The van der Waals surface area contributed by atoms with E-state index in [2.05, 4.69) is 32.7 Å². The summed E-state index contributed by atoms with van der Waals surface area (Å²) in [4.78, 5) is 11.8. The molecule has 0 unspecified atom stereocenters. The SMILES string of the molecule is Cc1cc(C#CCN)ccc1NC(=O)Cn1cnnn1. The second kappa shape index (κ2) is 6.45. The number of nitrogens with one attached hydrogen (secondary N) is 1. The molecule has 2 aromatic rings. The van der Waals surface area contributed by atoms with Crippen molar-refractivity contribution >= 4 is 11.6 Å². The topological polar surface area (TPSA) is 98.7 Å². The predicted molar refractivity (Wildman–Crippen MR) is 73.6 cm³/mol. The summed E-state index contributed by atoms with van der Waals surface area (Å²) >= 11 is 0. The molecule has 0 aliphatic carbocycles. The zero-order valence-corrected chi connectivity index (χ0v) is 11.0. The van der Waals surface area contributed by atoms with Crippen molar-refractivity contribution in [1.82, 2.24) is 20.2 Å². The molecule has 0 saturated heterocycles. The molecule has 20 heavy (non-hydrogen) atoms. The zero-order chi connectivity index (χ0) is 14.4. The minimum Gasteiger partial charge on any atom is -0.324 e. The van der Waals surface area contributed by atoms with Crippen molar-refractivity contribution in [1.29, 1.82) is 0 Å². The molecule has 1 aromatic heterocycles. The molecule has 0 radical (unpaired) electrons. The minimum atomic E-state index is -0.193. The number of aryl methyl sites for hydroxylation is 1. The van der Waals surface area contributed by atoms with Crippen molar-refractivity contribution in [3.8, 4) is 11.8 Å². The molecule has 1 aromatic carbocycles. The maximum absolute atomic E-state index is 11.8. The Morgan fingerprint density at radius 3 is 3.00 bits per heavy atom. The molecule has 3 N–H and O–H groups in total. The number of hydrogen-bond donors (Lipinski definition) is 2. The van der Waals surface area contributed by atoms with Gasteiger partial charge in [-0.05, 0) is 41.1 Å². The normalized spacial score (nSPS) is 9.70. The molecular formula is C13H14N6O. The largest absolute Gasteiger partial charge is 0.324 e. The standard InChI is InChI=1S/C13H14N6O/c1-10-7-11(3-2-6-14)4-5-12(10)16-13(20)8-19-9-15-17-18-19/h4-5,7,9H,6,8,14H2,1H3,(H,16,20). The smallest absolute Gasteiger partial charge is 0.246 e. The van der Waals surface area contributed by atoms with Crippen molar-refractivity contribution in [2.75, 3.05) is 11.9 Å². The van der Waals surface area contributed by atoms with Crippen LogP contribution in [0.15, 0.2) is 24.5 Å². The molecule has 1 heterocycles. The Labute approximate surface area is 116 Å². The summed E-state index contributed by atoms with van der Waals surface area (Å²) in [5, 5.41) is 13.4. The van der Waals surface area contributed by atoms with Crippen LogP contribution in [0.5, 0.6) is 0 Å². The molecule has 0 aliphatic heterocycles. The number of hydrogen-bond acceptors (Lipinski definition) is 5. The van der Waals surface area contributed by atoms with Gasteiger partial charge in [-0.25, -0.2) is 4.68 Å². The summed E-state index contributed by atoms with van der Waals surface area (Å²) in [6.07, 6.45) is 1.39. The van der Waals surface area contributed by atoms with Crippen LogP contribution in [-0.4, -0.2) is 32.7 Å². The number of tetrazole rings is 1. The summed E-state index contributed by atoms with van der Waals surface area (Å²) < 4.78 is 1.35. The van der Waals surface area contributed by atoms with Crippen LogP contribution in [0.25, 0.3) is 0 Å². The van der Waals surface area contributed by atoms with Crippen LogP contribution in [0.4, 0.5) is 5.69 Å². The van der Waals surface area contributed by atoms with Crippen molar-refractivity contribution in [2.45, 2.75) is 13.5 Å². The first kappa shape index (κ1) is 13.7. The Hall–Kier alpha value is -2.72. The summed E-state index contributed by atoms with van der Waals surface area (Å²) in [6.45, 7) is 2.30. The van der Waals surface area contributed by atoms with Gasteiger partial charge < -0.3 is 11.1 Å². The van der Waals surface area contributed by atoms with E-state index >= 15 is 0 Å². The Balaban J connectivity index is 2.04. The molecule has 2 rings (SSSR count). The van der Waals surface area contributed by atoms with Gasteiger partial charge in [0.05, 0.1) is 6.54 Å². The van der Waals surface area contributed by atoms with Gasteiger partial charge in [0.25, 0.3) is 0 Å². The number of carbonyl (C=O) groups is 1. The third kappa shape index (κ3) is 3.63. The van der Waals surface area contributed by atoms with E-state index < -0.39 is 0 Å². The summed E-state index contributed by atoms with van der Waals surface area (Å²) in [5.41, 5.74) is 7.86. The van der Waals surface area contributed by atoms with E-state index in [1.54, 1.807) is 0 Å². The van der Waals surface area contributed by atoms with E-state index in [0.717, 1.165) is 16.8 Å². The molecule has 7 nitrogen and oxygen atoms in total. The number of amides is 1. The van der Waals surface area contributed by atoms with Gasteiger partial charge in [0.1, 0.15) is 12.9 Å². The molecule has 0 atom stereocenters. The van der Waals surface area contributed by atoms with Crippen LogP contribution < -0.4 is 11.1 Å². The lowest BCUT2D eigenvalue weighted by Gasteiger charge is -2.08. The fourth-order valence-corrected chi connectivity index (χ4v) is 1.62. The van der Waals surface area contributed by atoms with Gasteiger partial charge >= 0.3 is 0 Å². The summed E-state index contributed by atoms with van der Waals surface area (Å²) in [6, 6.07) is 5.55. The van der Waals surface area contributed by atoms with Crippen LogP contribution in [0.2, 0.25) is 0 Å². The first-order valence-corrected chi connectivity index (χ1v) is 5.99. The number of benzene rings is 1. The number of aromatic nitrogens is 4. The highest BCUT2D eigenvalue weighted by atomic mass is 16.2. The Bertz CT molecular complexity index is 653. The van der Waals surface area contributed by atoms with Gasteiger partial charge in [0.15, 0.2) is 0 Å². The number of nitrogens with zero attached hydrogens (tertiary/aromatic N) is 4. The molecule has 0 bridgehead atoms. The van der Waals surface area contributed by atoms with Gasteiger partial charge in [-0.3, -0.25) is 4.79 Å². The maximum atomic E-state index is 11.8. The predicted octanol–water partition coefficient (Wildman–Crippen LogP) is -0.0696. The highest BCUT2D eigenvalue weighted by molar-refractivity contribution is 5.91. The maximum Gasteiger partial charge on any atom is 0.246 e. The third-order valence-electron chi connectivity index (χ3n) is 2.53. The van der Waals surface area contributed by atoms with Gasteiger partial charge in [0.2, 0.25) is 5.91 Å². The number of carbonyl (C=O) groups excluding carboxylic acids is 1. The number of rotatable bonds is 3. The van der Waals surface area contributed by atoms with Gasteiger partial charge in [-0.2, -0.15) is 0 Å². The van der Waals surface area contributed by atoms with Crippen molar-refractivity contribution < 1.29 is 4.79 Å². The number of nitrogens with two attached hydrogens (primary N) is 1. The van der Waals surface area contributed by atoms with Gasteiger partial charge in [0, 0.05) is 11.3 Å². The lowest BCUT2D eigenvalue weighted by molar-refractivity contribution is -0.116. The summed E-state index contributed by atoms with van der Waals surface area (Å²) in [7, 11) is 0. The van der Waals surface area contributed by atoms with Gasteiger partial charge in [-0.1, -0.05) is 11.8 Å². The fraction of sp³-hybridized carbons (Fsp3) is 0.231. The third-order valence-corrected chi connectivity index (χ3v) is 2.53. The monoisotopic (exact) mass is 270 g/mol. The minimum absolute atomic E-state index is 0.0706. The van der Waals surface area contributed by atoms with E-state index in [1.165, 1.54) is 11.0 Å². The fourth-order valence-electron chi connectivity index (χ4n) is 1.62. The first-order valence-electron chi connectivity index (χ1n) is 5.99. The van der Waals surface area contributed by atoms with Crippen molar-refractivity contribution in [2.24, 2.45) is 5.73 Å². The molecule has 7 heteroatoms. The van der Waals surface area contributed by atoms with E-state index in [-0.39, 0.29) is 12.5 Å². The van der Waals surface area contributed by atoms with E-state index in [1.807, 2.05) is 25.1 Å². The molecule has 0 spiro atoms. The Morgan fingerprint density at radius 1 is 1.50 bits per heavy atom. The van der Waals surface area contributed by atoms with Crippen molar-refractivity contribution in [3.05, 3.63) is 35.7 Å². The summed E-state index contributed by atoms with van der Waals surface area (Å²) in [5.74, 6) is 5.54. The molecular weight excluding hydrogens is 256 g/mol. The molecule has 0 saturated carbocycles.